The molecule has 1 unspecified atom stereocenters. The third-order valence-electron chi connectivity index (χ3n) is 3.89. The average Bonchev–Trinajstić information content (AvgIpc) is 3.06. The predicted octanol–water partition coefficient (Wildman–Crippen LogP) is 0.848. The summed E-state index contributed by atoms with van der Waals surface area (Å²) in [6.45, 7) is 1.52. The second-order valence-electron chi connectivity index (χ2n) is 5.33. The van der Waals surface area contributed by atoms with E-state index in [0.717, 1.165) is 4.90 Å². The van der Waals surface area contributed by atoms with E-state index in [1.54, 1.807) is 31.3 Å². The molecule has 8 nitrogen and oxygen atoms in total. The van der Waals surface area contributed by atoms with Gasteiger partial charge in [0.05, 0.1) is 17.4 Å². The van der Waals surface area contributed by atoms with Gasteiger partial charge in [0.2, 0.25) is 5.91 Å². The standard InChI is InChI=1S/C16H13N5O3/c1-9(15(23)19-14-10(7-17)8-18-20(14)2)21-12-6-4-3-5-11(12)13(22)16(21)24/h3-6,8-9H,1-2H3,(H,19,23). The van der Waals surface area contributed by atoms with Crippen LogP contribution in [0.3, 0.4) is 0 Å². The van der Waals surface area contributed by atoms with Gasteiger partial charge in [-0.15, -0.1) is 0 Å². The van der Waals surface area contributed by atoms with Gasteiger partial charge in [-0.2, -0.15) is 10.4 Å². The number of nitrogens with one attached hydrogen (secondary N) is 1. The predicted molar refractivity (Wildman–Crippen MR) is 84.3 cm³/mol. The van der Waals surface area contributed by atoms with Gasteiger partial charge in [-0.3, -0.25) is 24.0 Å². The molecule has 2 amide bonds. The molecule has 3 rings (SSSR count). The fourth-order valence-corrected chi connectivity index (χ4v) is 2.60. The largest absolute Gasteiger partial charge is 0.308 e. The van der Waals surface area contributed by atoms with Gasteiger partial charge < -0.3 is 5.32 Å². The molecule has 0 aliphatic carbocycles. The molecule has 1 aliphatic rings. The lowest BCUT2D eigenvalue weighted by atomic mass is 10.1. The monoisotopic (exact) mass is 323 g/mol. The summed E-state index contributed by atoms with van der Waals surface area (Å²) in [5, 5.41) is 15.5. The first-order chi connectivity index (χ1) is 11.5. The number of hydrogen-bond acceptors (Lipinski definition) is 5. The highest BCUT2D eigenvalue weighted by molar-refractivity contribution is 6.52. The average molecular weight is 323 g/mol. The first kappa shape index (κ1) is 15.4. The number of rotatable bonds is 3. The topological polar surface area (TPSA) is 108 Å². The van der Waals surface area contributed by atoms with E-state index in [1.807, 2.05) is 6.07 Å². The molecule has 1 aromatic heterocycles. The van der Waals surface area contributed by atoms with Crippen molar-refractivity contribution in [1.29, 1.82) is 5.26 Å². The van der Waals surface area contributed by atoms with E-state index in [-0.39, 0.29) is 16.9 Å². The number of anilines is 2. The van der Waals surface area contributed by atoms with Crippen LogP contribution in [0.1, 0.15) is 22.8 Å². The highest BCUT2D eigenvalue weighted by Gasteiger charge is 2.40. The van der Waals surface area contributed by atoms with E-state index in [4.69, 9.17) is 5.26 Å². The van der Waals surface area contributed by atoms with Crippen molar-refractivity contribution < 1.29 is 14.4 Å². The Kier molecular flexibility index (Phi) is 3.62. The molecule has 0 spiro atoms. The van der Waals surface area contributed by atoms with Crippen LogP contribution in [-0.2, 0) is 16.6 Å². The summed E-state index contributed by atoms with van der Waals surface area (Å²) in [7, 11) is 1.58. The first-order valence-electron chi connectivity index (χ1n) is 7.15. The van der Waals surface area contributed by atoms with Crippen LogP contribution in [0.5, 0.6) is 0 Å². The van der Waals surface area contributed by atoms with E-state index >= 15 is 0 Å². The summed E-state index contributed by atoms with van der Waals surface area (Å²) in [6.07, 6.45) is 1.33. The van der Waals surface area contributed by atoms with Crippen molar-refractivity contribution in [2.75, 3.05) is 10.2 Å². The number of benzene rings is 1. The van der Waals surface area contributed by atoms with Crippen LogP contribution in [0.15, 0.2) is 30.5 Å². The van der Waals surface area contributed by atoms with E-state index in [0.29, 0.717) is 5.69 Å². The molecule has 0 fully saturated rings. The highest BCUT2D eigenvalue weighted by Crippen LogP contribution is 2.30. The lowest BCUT2D eigenvalue weighted by molar-refractivity contribution is -0.121. The molecule has 0 bridgehead atoms. The molecule has 1 aliphatic heterocycles. The Morgan fingerprint density at radius 1 is 1.33 bits per heavy atom. The summed E-state index contributed by atoms with van der Waals surface area (Å²) in [6, 6.07) is 7.52. The Bertz CT molecular complexity index is 909. The maximum absolute atomic E-state index is 12.5. The normalized spacial score (nSPS) is 14.3. The van der Waals surface area contributed by atoms with E-state index in [1.165, 1.54) is 17.8 Å². The summed E-state index contributed by atoms with van der Waals surface area (Å²) < 4.78 is 1.36. The van der Waals surface area contributed by atoms with Gasteiger partial charge in [0, 0.05) is 7.05 Å². The smallest absolute Gasteiger partial charge is 0.300 e. The molecule has 120 valence electrons. The Hall–Kier alpha value is -3.47. The first-order valence-corrected chi connectivity index (χ1v) is 7.15. The zero-order valence-corrected chi connectivity index (χ0v) is 13.0. The van der Waals surface area contributed by atoms with Crippen LogP contribution in [0.2, 0.25) is 0 Å². The SMILES string of the molecule is CC(C(=O)Nc1c(C#N)cnn1C)N1C(=O)C(=O)c2ccccc21. The Labute approximate surface area is 137 Å². The molecular weight excluding hydrogens is 310 g/mol. The summed E-state index contributed by atoms with van der Waals surface area (Å²) >= 11 is 0. The van der Waals surface area contributed by atoms with Gasteiger partial charge in [-0.1, -0.05) is 12.1 Å². The molecule has 1 atom stereocenters. The minimum Gasteiger partial charge on any atom is -0.308 e. The minimum absolute atomic E-state index is 0.210. The molecule has 8 heteroatoms. The number of carbonyl (C=O) groups excluding carboxylic acids is 3. The number of aryl methyl sites for hydroxylation is 1. The van der Waals surface area contributed by atoms with Gasteiger partial charge in [0.25, 0.3) is 11.7 Å². The lowest BCUT2D eigenvalue weighted by Gasteiger charge is -2.23. The molecular formula is C16H13N5O3. The fraction of sp³-hybridized carbons (Fsp3) is 0.188. The molecule has 24 heavy (non-hydrogen) atoms. The van der Waals surface area contributed by atoms with Crippen molar-refractivity contribution in [1.82, 2.24) is 9.78 Å². The van der Waals surface area contributed by atoms with E-state index in [2.05, 4.69) is 10.4 Å². The quantitative estimate of drug-likeness (QED) is 0.842. The van der Waals surface area contributed by atoms with Crippen LogP contribution < -0.4 is 10.2 Å². The number of fused-ring (bicyclic) bond motifs is 1. The van der Waals surface area contributed by atoms with Gasteiger partial charge in [0.15, 0.2) is 0 Å². The fourth-order valence-electron chi connectivity index (χ4n) is 2.60. The van der Waals surface area contributed by atoms with Crippen molar-refractivity contribution >= 4 is 29.1 Å². The van der Waals surface area contributed by atoms with Crippen LogP contribution in [-0.4, -0.2) is 33.4 Å². The van der Waals surface area contributed by atoms with Crippen molar-refractivity contribution in [2.45, 2.75) is 13.0 Å². The molecule has 1 N–H and O–H groups in total. The number of carbonyl (C=O) groups is 3. The number of nitriles is 1. The van der Waals surface area contributed by atoms with E-state index in [9.17, 15) is 14.4 Å². The summed E-state index contributed by atoms with van der Waals surface area (Å²) in [5.41, 5.74) is 0.892. The maximum atomic E-state index is 12.5. The lowest BCUT2D eigenvalue weighted by Crippen LogP contribution is -2.45. The zero-order valence-electron chi connectivity index (χ0n) is 13.0. The Morgan fingerprint density at radius 3 is 2.75 bits per heavy atom. The molecule has 0 saturated heterocycles. The summed E-state index contributed by atoms with van der Waals surface area (Å²) in [5.74, 6) is -1.67. The van der Waals surface area contributed by atoms with Crippen LogP contribution in [0, 0.1) is 11.3 Å². The minimum atomic E-state index is -0.924. The van der Waals surface area contributed by atoms with Gasteiger partial charge >= 0.3 is 0 Å². The zero-order chi connectivity index (χ0) is 17.4. The Morgan fingerprint density at radius 2 is 2.04 bits per heavy atom. The third kappa shape index (κ3) is 2.23. The van der Waals surface area contributed by atoms with Gasteiger partial charge in [-0.05, 0) is 19.1 Å². The second kappa shape index (κ2) is 5.62. The van der Waals surface area contributed by atoms with Crippen LogP contribution in [0.25, 0.3) is 0 Å². The molecule has 0 saturated carbocycles. The van der Waals surface area contributed by atoms with Crippen molar-refractivity contribution in [3.63, 3.8) is 0 Å². The molecule has 1 aromatic carbocycles. The molecule has 2 aromatic rings. The van der Waals surface area contributed by atoms with Gasteiger partial charge in [0.1, 0.15) is 23.5 Å². The van der Waals surface area contributed by atoms with Gasteiger partial charge in [-0.25, -0.2) is 0 Å². The third-order valence-corrected chi connectivity index (χ3v) is 3.89. The van der Waals surface area contributed by atoms with Crippen LogP contribution in [0.4, 0.5) is 11.5 Å². The van der Waals surface area contributed by atoms with E-state index < -0.39 is 23.6 Å². The van der Waals surface area contributed by atoms with Crippen molar-refractivity contribution in [3.8, 4) is 6.07 Å². The van der Waals surface area contributed by atoms with Crippen LogP contribution >= 0.6 is 0 Å². The highest BCUT2D eigenvalue weighted by atomic mass is 16.2. The van der Waals surface area contributed by atoms with Crippen molar-refractivity contribution in [2.24, 2.45) is 7.05 Å². The number of aromatic nitrogens is 2. The number of ketones is 1. The molecule has 2 heterocycles. The Balaban J connectivity index is 1.89. The number of hydrogen-bond donors (Lipinski definition) is 1. The molecule has 0 radical (unpaired) electrons. The summed E-state index contributed by atoms with van der Waals surface area (Å²) in [4.78, 5) is 37.9. The number of Topliss-reactive ketones (excluding diaryl/α,β-unsaturated/α-hetero) is 1. The number of nitrogens with zero attached hydrogens (tertiary/aromatic N) is 4. The number of para-hydroxylation sites is 1. The second-order valence-corrected chi connectivity index (χ2v) is 5.33. The van der Waals surface area contributed by atoms with Crippen molar-refractivity contribution in [3.05, 3.63) is 41.6 Å². The maximum Gasteiger partial charge on any atom is 0.300 e. The number of amides is 2.